The van der Waals surface area contributed by atoms with E-state index < -0.39 is 10.8 Å². The van der Waals surface area contributed by atoms with E-state index in [0.29, 0.717) is 6.04 Å². The second-order valence-electron chi connectivity index (χ2n) is 5.33. The fraction of sp³-hybridized carbons (Fsp3) is 1.00. The summed E-state index contributed by atoms with van der Waals surface area (Å²) in [6, 6.07) is 0.616. The largest absolute Gasteiger partial charge is 0.308 e. The zero-order valence-electron chi connectivity index (χ0n) is 12.5. The second kappa shape index (κ2) is 7.61. The van der Waals surface area contributed by atoms with Gasteiger partial charge in [-0.05, 0) is 19.3 Å². The van der Waals surface area contributed by atoms with Crippen LogP contribution >= 0.6 is 0 Å². The Hall–Kier alpha value is 0.0700. The monoisotopic (exact) mass is 274 g/mol. The van der Waals surface area contributed by atoms with Crippen LogP contribution in [-0.2, 0) is 10.8 Å². The molecular formula is C14H30N2OS. The molecule has 1 aliphatic heterocycles. The average molecular weight is 274 g/mol. The van der Waals surface area contributed by atoms with Gasteiger partial charge in [-0.25, -0.2) is 0 Å². The summed E-state index contributed by atoms with van der Waals surface area (Å²) in [5.41, 5.74) is 0.277. The molecule has 0 bridgehead atoms. The molecule has 2 unspecified atom stereocenters. The minimum Gasteiger partial charge on any atom is -0.308 e. The van der Waals surface area contributed by atoms with Gasteiger partial charge in [0.2, 0.25) is 0 Å². The minimum absolute atomic E-state index is 0.277. The number of hydrogen-bond acceptors (Lipinski definition) is 3. The van der Waals surface area contributed by atoms with Gasteiger partial charge in [-0.2, -0.15) is 0 Å². The number of nitrogens with one attached hydrogen (secondary N) is 1. The van der Waals surface area contributed by atoms with Gasteiger partial charge in [0.1, 0.15) is 0 Å². The highest BCUT2D eigenvalue weighted by Gasteiger charge is 2.35. The lowest BCUT2D eigenvalue weighted by atomic mass is 9.88. The van der Waals surface area contributed by atoms with Crippen molar-refractivity contribution in [2.45, 2.75) is 58.5 Å². The Kier molecular flexibility index (Phi) is 6.82. The Balaban J connectivity index is 2.61. The Morgan fingerprint density at radius 3 is 2.44 bits per heavy atom. The van der Waals surface area contributed by atoms with Crippen molar-refractivity contribution in [1.82, 2.24) is 10.2 Å². The maximum atomic E-state index is 11.6. The number of nitrogens with zero attached hydrogens (tertiary/aromatic N) is 1. The van der Waals surface area contributed by atoms with Crippen molar-refractivity contribution in [2.75, 3.05) is 31.1 Å². The fourth-order valence-corrected chi connectivity index (χ4v) is 3.52. The molecule has 1 saturated heterocycles. The Morgan fingerprint density at radius 2 is 1.94 bits per heavy atom. The van der Waals surface area contributed by atoms with Gasteiger partial charge in [0.25, 0.3) is 0 Å². The third kappa shape index (κ3) is 4.04. The van der Waals surface area contributed by atoms with Crippen molar-refractivity contribution in [3.63, 3.8) is 0 Å². The summed E-state index contributed by atoms with van der Waals surface area (Å²) in [5.74, 6) is 1.62. The van der Waals surface area contributed by atoms with Crippen molar-refractivity contribution in [2.24, 2.45) is 0 Å². The first-order valence-electron chi connectivity index (χ1n) is 7.44. The molecule has 1 N–H and O–H groups in total. The summed E-state index contributed by atoms with van der Waals surface area (Å²) in [4.78, 5) is 2.57. The van der Waals surface area contributed by atoms with Crippen LogP contribution in [0.25, 0.3) is 0 Å². The van der Waals surface area contributed by atoms with Crippen LogP contribution in [0.15, 0.2) is 0 Å². The summed E-state index contributed by atoms with van der Waals surface area (Å²) in [7, 11) is -0.636. The molecule has 0 aromatic carbocycles. The summed E-state index contributed by atoms with van der Waals surface area (Å²) in [6.07, 6.45) is 3.52. The average Bonchev–Trinajstić information content (AvgIpc) is 2.44. The Morgan fingerprint density at radius 1 is 1.28 bits per heavy atom. The number of hydrogen-bond donors (Lipinski definition) is 1. The van der Waals surface area contributed by atoms with Gasteiger partial charge < -0.3 is 5.32 Å². The van der Waals surface area contributed by atoms with Crippen molar-refractivity contribution >= 4 is 10.8 Å². The van der Waals surface area contributed by atoms with E-state index >= 15 is 0 Å². The van der Waals surface area contributed by atoms with Crippen LogP contribution in [-0.4, -0.2) is 51.8 Å². The van der Waals surface area contributed by atoms with Gasteiger partial charge in [-0.1, -0.05) is 27.7 Å². The Bertz CT molecular complexity index is 267. The van der Waals surface area contributed by atoms with Crippen LogP contribution in [0.3, 0.4) is 0 Å². The highest BCUT2D eigenvalue weighted by atomic mass is 32.2. The lowest BCUT2D eigenvalue weighted by molar-refractivity contribution is 0.0762. The van der Waals surface area contributed by atoms with Crippen LogP contribution in [0, 0.1) is 0 Å². The SMILES string of the molecule is CCC1CNC(CC)(CC)CN1CCS(=O)CC. The topological polar surface area (TPSA) is 32.3 Å². The molecule has 0 aromatic rings. The van der Waals surface area contributed by atoms with Crippen LogP contribution in [0.2, 0.25) is 0 Å². The first-order chi connectivity index (χ1) is 8.60. The zero-order valence-corrected chi connectivity index (χ0v) is 13.3. The molecule has 108 valence electrons. The van der Waals surface area contributed by atoms with Crippen LogP contribution < -0.4 is 5.32 Å². The van der Waals surface area contributed by atoms with Crippen molar-refractivity contribution < 1.29 is 4.21 Å². The van der Waals surface area contributed by atoms with E-state index in [9.17, 15) is 4.21 Å². The van der Waals surface area contributed by atoms with Crippen molar-refractivity contribution in [1.29, 1.82) is 0 Å². The predicted molar refractivity (Wildman–Crippen MR) is 80.5 cm³/mol. The van der Waals surface area contributed by atoms with Gasteiger partial charge >= 0.3 is 0 Å². The standard InChI is InChI=1S/C14H30N2OS/c1-5-13-11-15-14(6-2,7-3)12-16(13)9-10-18(17)8-4/h13,15H,5-12H2,1-4H3. The van der Waals surface area contributed by atoms with E-state index in [1.807, 2.05) is 6.92 Å². The minimum atomic E-state index is -0.636. The second-order valence-corrected chi connectivity index (χ2v) is 7.20. The summed E-state index contributed by atoms with van der Waals surface area (Å²) >= 11 is 0. The summed E-state index contributed by atoms with van der Waals surface area (Å²) < 4.78 is 11.6. The fourth-order valence-electron chi connectivity index (χ4n) is 2.79. The molecule has 0 radical (unpaired) electrons. The zero-order chi connectivity index (χ0) is 13.6. The van der Waals surface area contributed by atoms with Gasteiger partial charge in [0, 0.05) is 53.5 Å². The van der Waals surface area contributed by atoms with Gasteiger partial charge in [-0.3, -0.25) is 9.11 Å². The predicted octanol–water partition coefficient (Wildman–Crippen LogP) is 2.00. The molecule has 1 rings (SSSR count). The molecule has 0 saturated carbocycles. The highest BCUT2D eigenvalue weighted by Crippen LogP contribution is 2.23. The molecule has 0 spiro atoms. The first kappa shape index (κ1) is 16.1. The Labute approximate surface area is 115 Å². The van der Waals surface area contributed by atoms with E-state index in [2.05, 4.69) is 31.0 Å². The van der Waals surface area contributed by atoms with Gasteiger partial charge in [0.05, 0.1) is 0 Å². The van der Waals surface area contributed by atoms with E-state index in [1.165, 1.54) is 19.3 Å². The molecule has 0 amide bonds. The maximum Gasteiger partial charge on any atom is 0.0362 e. The third-order valence-corrected chi connectivity index (χ3v) is 5.77. The maximum absolute atomic E-state index is 11.6. The number of piperazine rings is 1. The van der Waals surface area contributed by atoms with E-state index in [0.717, 1.165) is 31.1 Å². The molecule has 1 heterocycles. The molecule has 0 aliphatic carbocycles. The quantitative estimate of drug-likeness (QED) is 0.771. The lowest BCUT2D eigenvalue weighted by Gasteiger charge is -2.47. The molecule has 4 heteroatoms. The van der Waals surface area contributed by atoms with Crippen LogP contribution in [0.4, 0.5) is 0 Å². The van der Waals surface area contributed by atoms with Crippen molar-refractivity contribution in [3.8, 4) is 0 Å². The van der Waals surface area contributed by atoms with Crippen LogP contribution in [0.1, 0.15) is 47.0 Å². The van der Waals surface area contributed by atoms with E-state index in [-0.39, 0.29) is 5.54 Å². The number of rotatable bonds is 7. The summed E-state index contributed by atoms with van der Waals surface area (Å²) in [5, 5.41) is 3.75. The molecular weight excluding hydrogens is 244 g/mol. The smallest absolute Gasteiger partial charge is 0.0362 e. The molecule has 2 atom stereocenters. The third-order valence-electron chi connectivity index (χ3n) is 4.49. The van der Waals surface area contributed by atoms with Gasteiger partial charge in [0.15, 0.2) is 0 Å². The molecule has 1 aliphatic rings. The normalized spacial score (nSPS) is 26.1. The lowest BCUT2D eigenvalue weighted by Crippen LogP contribution is -2.64. The summed E-state index contributed by atoms with van der Waals surface area (Å²) in [6.45, 7) is 12.0. The van der Waals surface area contributed by atoms with Crippen LogP contribution in [0.5, 0.6) is 0 Å². The molecule has 18 heavy (non-hydrogen) atoms. The first-order valence-corrected chi connectivity index (χ1v) is 8.93. The highest BCUT2D eigenvalue weighted by molar-refractivity contribution is 7.84. The van der Waals surface area contributed by atoms with E-state index in [1.54, 1.807) is 0 Å². The molecule has 0 aromatic heterocycles. The van der Waals surface area contributed by atoms with Crippen molar-refractivity contribution in [3.05, 3.63) is 0 Å². The molecule has 1 fully saturated rings. The van der Waals surface area contributed by atoms with Gasteiger partial charge in [-0.15, -0.1) is 0 Å². The molecule has 3 nitrogen and oxygen atoms in total. The van der Waals surface area contributed by atoms with E-state index in [4.69, 9.17) is 0 Å².